The van der Waals surface area contributed by atoms with Crippen molar-refractivity contribution in [1.29, 1.82) is 0 Å². The fourth-order valence-corrected chi connectivity index (χ4v) is 2.54. The lowest BCUT2D eigenvalue weighted by molar-refractivity contribution is -0.146. The molecule has 1 aliphatic heterocycles. The van der Waals surface area contributed by atoms with Crippen molar-refractivity contribution in [3.05, 3.63) is 33.8 Å². The summed E-state index contributed by atoms with van der Waals surface area (Å²) in [6, 6.07) is 4.67. The first kappa shape index (κ1) is 12.9. The van der Waals surface area contributed by atoms with Crippen LogP contribution in [0.3, 0.4) is 0 Å². The van der Waals surface area contributed by atoms with E-state index < -0.39 is 18.1 Å². The molecule has 1 amide bonds. The topological polar surface area (TPSA) is 66.8 Å². The second kappa shape index (κ2) is 4.97. The van der Waals surface area contributed by atoms with Gasteiger partial charge in [0, 0.05) is 11.0 Å². The van der Waals surface area contributed by atoms with Gasteiger partial charge in [0.2, 0.25) is 0 Å². The van der Waals surface area contributed by atoms with Crippen LogP contribution in [0, 0.1) is 0 Å². The third-order valence-corrected chi connectivity index (χ3v) is 3.50. The van der Waals surface area contributed by atoms with Crippen molar-refractivity contribution in [2.24, 2.45) is 0 Å². The smallest absolute Gasteiger partial charge is 0.408 e. The molecule has 0 aliphatic carbocycles. The number of hydrogen-bond donors (Lipinski definition) is 1. The molecule has 6 heteroatoms. The molecule has 1 atom stereocenters. The number of fused-ring (bicyclic) bond motifs is 1. The standard InChI is InChI=1S/C12H12BrNO4/c1-18-11(15)10-9-6-8(13)3-2-7(9)4-5-14(10)12(16)17/h2-3,6,10H,4-5H2,1H3,(H,16,17). The number of benzene rings is 1. The molecule has 2 rings (SSSR count). The Balaban J connectivity index is 2.50. The zero-order valence-corrected chi connectivity index (χ0v) is 11.3. The summed E-state index contributed by atoms with van der Waals surface area (Å²) in [6.45, 7) is 0.295. The van der Waals surface area contributed by atoms with Crippen LogP contribution in [0.1, 0.15) is 17.2 Å². The van der Waals surface area contributed by atoms with Gasteiger partial charge in [0.25, 0.3) is 0 Å². The molecule has 0 fully saturated rings. The minimum absolute atomic E-state index is 0.295. The molecule has 0 bridgehead atoms. The van der Waals surface area contributed by atoms with Crippen LogP contribution >= 0.6 is 15.9 Å². The predicted molar refractivity (Wildman–Crippen MR) is 67.3 cm³/mol. The highest BCUT2D eigenvalue weighted by Gasteiger charge is 2.36. The first-order valence-electron chi connectivity index (χ1n) is 5.40. The lowest BCUT2D eigenvalue weighted by atomic mass is 9.93. The Bertz CT molecular complexity index is 503. The molecule has 1 aliphatic rings. The molecule has 5 nitrogen and oxygen atoms in total. The summed E-state index contributed by atoms with van der Waals surface area (Å²) in [5.41, 5.74) is 1.66. The number of rotatable bonds is 1. The van der Waals surface area contributed by atoms with E-state index in [9.17, 15) is 9.59 Å². The van der Waals surface area contributed by atoms with Gasteiger partial charge in [0.05, 0.1) is 7.11 Å². The van der Waals surface area contributed by atoms with E-state index in [-0.39, 0.29) is 0 Å². The van der Waals surface area contributed by atoms with Crippen LogP contribution in [0.4, 0.5) is 4.79 Å². The van der Waals surface area contributed by atoms with Crippen molar-refractivity contribution in [3.63, 3.8) is 0 Å². The number of carboxylic acid groups (broad SMARTS) is 1. The third kappa shape index (κ3) is 2.20. The second-order valence-electron chi connectivity index (χ2n) is 3.99. The average Bonchev–Trinajstić information content (AvgIpc) is 2.36. The van der Waals surface area contributed by atoms with Gasteiger partial charge in [0.15, 0.2) is 6.04 Å². The minimum Gasteiger partial charge on any atom is -0.467 e. The quantitative estimate of drug-likeness (QED) is 0.807. The fourth-order valence-electron chi connectivity index (χ4n) is 2.16. The highest BCUT2D eigenvalue weighted by Crippen LogP contribution is 2.32. The molecule has 96 valence electrons. The van der Waals surface area contributed by atoms with E-state index in [0.29, 0.717) is 18.5 Å². The number of esters is 1. The van der Waals surface area contributed by atoms with Gasteiger partial charge >= 0.3 is 12.1 Å². The van der Waals surface area contributed by atoms with Gasteiger partial charge in [-0.05, 0) is 29.7 Å². The van der Waals surface area contributed by atoms with E-state index in [4.69, 9.17) is 9.84 Å². The Labute approximate surface area is 112 Å². The monoisotopic (exact) mass is 313 g/mol. The Kier molecular flexibility index (Phi) is 3.56. The van der Waals surface area contributed by atoms with Crippen LogP contribution in [0.15, 0.2) is 22.7 Å². The Hall–Kier alpha value is -1.56. The van der Waals surface area contributed by atoms with Crippen LogP contribution in [-0.4, -0.2) is 35.7 Å². The van der Waals surface area contributed by atoms with Crippen LogP contribution in [0.2, 0.25) is 0 Å². The summed E-state index contributed by atoms with van der Waals surface area (Å²) in [6.07, 6.45) is -0.515. The molecule has 1 N–H and O–H groups in total. The average molecular weight is 314 g/mol. The first-order valence-corrected chi connectivity index (χ1v) is 6.19. The van der Waals surface area contributed by atoms with Gasteiger partial charge in [0.1, 0.15) is 0 Å². The molecule has 1 aromatic carbocycles. The van der Waals surface area contributed by atoms with Gasteiger partial charge in [-0.25, -0.2) is 9.59 Å². The predicted octanol–water partition coefficient (Wildman–Crippen LogP) is 2.20. The normalized spacial score (nSPS) is 18.1. The summed E-state index contributed by atoms with van der Waals surface area (Å²) in [4.78, 5) is 24.1. The van der Waals surface area contributed by atoms with Gasteiger partial charge in [-0.1, -0.05) is 22.0 Å². The van der Waals surface area contributed by atoms with Gasteiger partial charge in [-0.3, -0.25) is 4.90 Å². The second-order valence-corrected chi connectivity index (χ2v) is 4.91. The highest BCUT2D eigenvalue weighted by molar-refractivity contribution is 9.10. The van der Waals surface area contributed by atoms with Gasteiger partial charge in [-0.2, -0.15) is 0 Å². The summed E-state index contributed by atoms with van der Waals surface area (Å²) < 4.78 is 5.52. The minimum atomic E-state index is -1.11. The summed E-state index contributed by atoms with van der Waals surface area (Å²) >= 11 is 3.33. The van der Waals surface area contributed by atoms with Crippen LogP contribution in [-0.2, 0) is 16.0 Å². The number of carbonyl (C=O) groups excluding carboxylic acids is 1. The first-order chi connectivity index (χ1) is 8.54. The van der Waals surface area contributed by atoms with Crippen molar-refractivity contribution in [2.45, 2.75) is 12.5 Å². The molecular formula is C12H12BrNO4. The third-order valence-electron chi connectivity index (χ3n) is 3.01. The van der Waals surface area contributed by atoms with Crippen molar-refractivity contribution < 1.29 is 19.4 Å². The molecule has 0 aromatic heterocycles. The van der Waals surface area contributed by atoms with Gasteiger partial charge in [-0.15, -0.1) is 0 Å². The molecule has 1 heterocycles. The number of methoxy groups -OCH3 is 1. The molecule has 0 spiro atoms. The molecule has 1 unspecified atom stereocenters. The maximum Gasteiger partial charge on any atom is 0.408 e. The molecule has 1 aromatic rings. The Morgan fingerprint density at radius 2 is 2.22 bits per heavy atom. The largest absolute Gasteiger partial charge is 0.467 e. The SMILES string of the molecule is COC(=O)C1c2cc(Br)ccc2CCN1C(=O)O. The molecular weight excluding hydrogens is 302 g/mol. The van der Waals surface area contributed by atoms with Crippen molar-refractivity contribution >= 4 is 28.0 Å². The number of carbonyl (C=O) groups is 2. The number of amides is 1. The number of hydrogen-bond acceptors (Lipinski definition) is 3. The van der Waals surface area contributed by atoms with Crippen LogP contribution in [0.25, 0.3) is 0 Å². The van der Waals surface area contributed by atoms with Crippen molar-refractivity contribution in [3.8, 4) is 0 Å². The Morgan fingerprint density at radius 1 is 1.50 bits per heavy atom. The lowest BCUT2D eigenvalue weighted by Crippen LogP contribution is -2.43. The molecule has 0 saturated heterocycles. The lowest BCUT2D eigenvalue weighted by Gasteiger charge is -2.33. The van der Waals surface area contributed by atoms with E-state index in [1.54, 1.807) is 6.07 Å². The fraction of sp³-hybridized carbons (Fsp3) is 0.333. The number of halogens is 1. The maximum atomic E-state index is 11.8. The molecule has 0 radical (unpaired) electrons. The molecule has 18 heavy (non-hydrogen) atoms. The summed E-state index contributed by atoms with van der Waals surface area (Å²) in [7, 11) is 1.26. The van der Waals surface area contributed by atoms with Crippen LogP contribution < -0.4 is 0 Å². The van der Waals surface area contributed by atoms with E-state index >= 15 is 0 Å². The number of ether oxygens (including phenoxy) is 1. The van der Waals surface area contributed by atoms with Gasteiger partial charge < -0.3 is 9.84 Å². The Morgan fingerprint density at radius 3 is 2.83 bits per heavy atom. The van der Waals surface area contributed by atoms with E-state index in [2.05, 4.69) is 15.9 Å². The van der Waals surface area contributed by atoms with E-state index in [1.165, 1.54) is 7.11 Å². The van der Waals surface area contributed by atoms with E-state index in [1.807, 2.05) is 12.1 Å². The summed E-state index contributed by atoms with van der Waals surface area (Å²) in [5, 5.41) is 9.15. The van der Waals surface area contributed by atoms with Crippen molar-refractivity contribution in [2.75, 3.05) is 13.7 Å². The van der Waals surface area contributed by atoms with Crippen molar-refractivity contribution in [1.82, 2.24) is 4.90 Å². The van der Waals surface area contributed by atoms with Crippen LogP contribution in [0.5, 0.6) is 0 Å². The maximum absolute atomic E-state index is 11.8. The number of nitrogens with zero attached hydrogens (tertiary/aromatic N) is 1. The zero-order valence-electron chi connectivity index (χ0n) is 9.72. The van der Waals surface area contributed by atoms with E-state index in [0.717, 1.165) is 14.9 Å². The molecule has 0 saturated carbocycles. The highest BCUT2D eigenvalue weighted by atomic mass is 79.9. The summed E-state index contributed by atoms with van der Waals surface area (Å²) in [5.74, 6) is -0.559. The zero-order chi connectivity index (χ0) is 13.3.